The highest BCUT2D eigenvalue weighted by Crippen LogP contribution is 2.20. The molecule has 0 spiro atoms. The lowest BCUT2D eigenvalue weighted by molar-refractivity contribution is -0.142. The van der Waals surface area contributed by atoms with E-state index in [2.05, 4.69) is 4.72 Å². The van der Waals surface area contributed by atoms with E-state index in [1.807, 2.05) is 0 Å². The lowest BCUT2D eigenvalue weighted by Crippen LogP contribution is -2.52. The Labute approximate surface area is 124 Å². The van der Waals surface area contributed by atoms with Gasteiger partial charge in [-0.3, -0.25) is 4.79 Å². The summed E-state index contributed by atoms with van der Waals surface area (Å²) >= 11 is 0. The van der Waals surface area contributed by atoms with Gasteiger partial charge in [-0.15, -0.1) is 0 Å². The molecule has 2 N–H and O–H groups in total. The molecule has 2 saturated heterocycles. The minimum Gasteiger partial charge on any atom is -0.481 e. The zero-order valence-electron chi connectivity index (χ0n) is 11.6. The Hall–Kier alpha value is -0.710. The van der Waals surface area contributed by atoms with Crippen LogP contribution >= 0.6 is 0 Å². The van der Waals surface area contributed by atoms with E-state index in [9.17, 15) is 21.6 Å². The number of carbonyl (C=O) groups is 1. The van der Waals surface area contributed by atoms with Gasteiger partial charge in [0, 0.05) is 19.1 Å². The molecule has 2 heterocycles. The number of hydrogen-bond acceptors (Lipinski definition) is 5. The van der Waals surface area contributed by atoms with Crippen LogP contribution in [0.2, 0.25) is 0 Å². The largest absolute Gasteiger partial charge is 0.481 e. The highest BCUT2D eigenvalue weighted by molar-refractivity contribution is 7.91. The number of rotatable bonds is 4. The van der Waals surface area contributed by atoms with Crippen molar-refractivity contribution in [3.8, 4) is 0 Å². The Bertz CT molecular complexity index is 600. The molecule has 10 heteroatoms. The molecule has 0 aromatic heterocycles. The van der Waals surface area contributed by atoms with Crippen molar-refractivity contribution in [2.75, 3.05) is 24.6 Å². The number of piperidine rings is 1. The van der Waals surface area contributed by atoms with Crippen molar-refractivity contribution in [2.45, 2.75) is 31.7 Å². The average molecular weight is 340 g/mol. The van der Waals surface area contributed by atoms with Crippen LogP contribution in [0.4, 0.5) is 0 Å². The molecule has 0 aromatic carbocycles. The van der Waals surface area contributed by atoms with Gasteiger partial charge in [0.15, 0.2) is 9.84 Å². The summed E-state index contributed by atoms with van der Waals surface area (Å²) in [5.74, 6) is -1.81. The molecular formula is C11H20N2O6S2. The molecule has 0 radical (unpaired) electrons. The topological polar surface area (TPSA) is 121 Å². The van der Waals surface area contributed by atoms with Gasteiger partial charge in [0.05, 0.1) is 17.4 Å². The van der Waals surface area contributed by atoms with E-state index in [1.165, 1.54) is 0 Å². The quantitative estimate of drug-likeness (QED) is 0.691. The lowest BCUT2D eigenvalue weighted by Gasteiger charge is -2.32. The fraction of sp³-hybridized carbons (Fsp3) is 0.909. The first-order valence-corrected chi connectivity index (χ1v) is 10.2. The summed E-state index contributed by atoms with van der Waals surface area (Å²) in [5, 5.41) is 8.99. The van der Waals surface area contributed by atoms with E-state index in [4.69, 9.17) is 5.11 Å². The van der Waals surface area contributed by atoms with Crippen LogP contribution in [-0.2, 0) is 24.8 Å². The van der Waals surface area contributed by atoms with Gasteiger partial charge in [0.2, 0.25) is 0 Å². The van der Waals surface area contributed by atoms with Crippen molar-refractivity contribution >= 4 is 26.0 Å². The van der Waals surface area contributed by atoms with Crippen LogP contribution in [0.25, 0.3) is 0 Å². The molecule has 0 aliphatic carbocycles. The van der Waals surface area contributed by atoms with Crippen LogP contribution in [0.1, 0.15) is 25.7 Å². The zero-order chi connectivity index (χ0) is 15.7. The second-order valence-electron chi connectivity index (χ2n) is 5.61. The standard InChI is InChI=1S/C11H20N2O6S2/c14-11(15)9-3-1-5-13(7-9)21(18,19)12-10-4-2-6-20(16,17)8-10/h9-10,12H,1-8H2,(H,14,15). The Morgan fingerprint density at radius 3 is 2.57 bits per heavy atom. The van der Waals surface area contributed by atoms with Crippen LogP contribution in [-0.4, -0.2) is 62.9 Å². The van der Waals surface area contributed by atoms with Crippen LogP contribution in [0, 0.1) is 5.92 Å². The van der Waals surface area contributed by atoms with Crippen LogP contribution in [0.5, 0.6) is 0 Å². The summed E-state index contributed by atoms with van der Waals surface area (Å²) in [6, 6.07) is -0.626. The predicted octanol–water partition coefficient (Wildman–Crippen LogP) is -0.805. The fourth-order valence-electron chi connectivity index (χ4n) is 2.76. The van der Waals surface area contributed by atoms with Crippen molar-refractivity contribution in [1.29, 1.82) is 0 Å². The maximum absolute atomic E-state index is 12.3. The van der Waals surface area contributed by atoms with Crippen LogP contribution < -0.4 is 4.72 Å². The van der Waals surface area contributed by atoms with Gasteiger partial charge in [0.25, 0.3) is 10.2 Å². The normalized spacial score (nSPS) is 30.9. The smallest absolute Gasteiger partial charge is 0.307 e. The SMILES string of the molecule is O=C(O)C1CCCN(S(=O)(=O)NC2CCCS(=O)(=O)C2)C1. The molecule has 0 amide bonds. The molecule has 0 aromatic rings. The minimum absolute atomic E-state index is 0.0653. The highest BCUT2D eigenvalue weighted by Gasteiger charge is 2.35. The Morgan fingerprint density at radius 2 is 1.95 bits per heavy atom. The summed E-state index contributed by atoms with van der Waals surface area (Å²) in [5.41, 5.74) is 0. The number of nitrogens with zero attached hydrogens (tertiary/aromatic N) is 1. The molecule has 2 unspecified atom stereocenters. The third kappa shape index (κ3) is 4.38. The van der Waals surface area contributed by atoms with E-state index < -0.39 is 38.0 Å². The van der Waals surface area contributed by atoms with E-state index >= 15 is 0 Å². The number of aliphatic carboxylic acids is 1. The van der Waals surface area contributed by atoms with Gasteiger partial charge in [-0.05, 0) is 25.7 Å². The second kappa shape index (κ2) is 6.19. The maximum Gasteiger partial charge on any atom is 0.307 e. The molecule has 0 bridgehead atoms. The Morgan fingerprint density at radius 1 is 1.24 bits per heavy atom. The maximum atomic E-state index is 12.3. The molecule has 2 aliphatic rings. The van der Waals surface area contributed by atoms with Gasteiger partial charge in [-0.25, -0.2) is 8.42 Å². The summed E-state index contributed by atoms with van der Waals surface area (Å²) in [6.07, 6.45) is 1.86. The van der Waals surface area contributed by atoms with Crippen LogP contribution in [0.15, 0.2) is 0 Å². The summed E-state index contributed by atoms with van der Waals surface area (Å²) < 4.78 is 51.1. The number of hydrogen-bond donors (Lipinski definition) is 2. The van der Waals surface area contributed by atoms with Crippen LogP contribution in [0.3, 0.4) is 0 Å². The molecule has 0 saturated carbocycles. The summed E-state index contributed by atoms with van der Waals surface area (Å²) in [7, 11) is -7.04. The van der Waals surface area contributed by atoms with E-state index in [1.54, 1.807) is 0 Å². The first kappa shape index (κ1) is 16.7. The monoisotopic (exact) mass is 340 g/mol. The summed E-state index contributed by atoms with van der Waals surface area (Å²) in [4.78, 5) is 11.0. The molecule has 122 valence electrons. The van der Waals surface area contributed by atoms with E-state index in [0.29, 0.717) is 25.7 Å². The zero-order valence-corrected chi connectivity index (χ0v) is 13.2. The van der Waals surface area contributed by atoms with Crippen molar-refractivity contribution in [3.63, 3.8) is 0 Å². The molecule has 2 rings (SSSR count). The van der Waals surface area contributed by atoms with E-state index in [0.717, 1.165) is 4.31 Å². The average Bonchev–Trinajstić information content (AvgIpc) is 2.37. The van der Waals surface area contributed by atoms with Crippen molar-refractivity contribution < 1.29 is 26.7 Å². The first-order chi connectivity index (χ1) is 9.70. The van der Waals surface area contributed by atoms with E-state index in [-0.39, 0.29) is 24.6 Å². The van der Waals surface area contributed by atoms with Crippen molar-refractivity contribution in [2.24, 2.45) is 5.92 Å². The minimum atomic E-state index is -3.84. The van der Waals surface area contributed by atoms with Crippen molar-refractivity contribution in [1.82, 2.24) is 9.03 Å². The van der Waals surface area contributed by atoms with Gasteiger partial charge in [-0.2, -0.15) is 17.4 Å². The van der Waals surface area contributed by atoms with Gasteiger partial charge in [-0.1, -0.05) is 0 Å². The second-order valence-corrected chi connectivity index (χ2v) is 9.54. The molecule has 2 aliphatic heterocycles. The number of carboxylic acid groups (broad SMARTS) is 1. The molecule has 2 fully saturated rings. The van der Waals surface area contributed by atoms with Gasteiger partial charge >= 0.3 is 5.97 Å². The molecule has 8 nitrogen and oxygen atoms in total. The molecule has 2 atom stereocenters. The van der Waals surface area contributed by atoms with Crippen molar-refractivity contribution in [3.05, 3.63) is 0 Å². The first-order valence-electron chi connectivity index (χ1n) is 6.90. The number of sulfone groups is 1. The number of nitrogens with one attached hydrogen (secondary N) is 1. The Balaban J connectivity index is 2.02. The lowest BCUT2D eigenvalue weighted by atomic mass is 10.0. The third-order valence-corrected chi connectivity index (χ3v) is 7.32. The Kier molecular flexibility index (Phi) is 4.91. The molecule has 21 heavy (non-hydrogen) atoms. The molecular weight excluding hydrogens is 320 g/mol. The van der Waals surface area contributed by atoms with Gasteiger partial charge < -0.3 is 5.11 Å². The third-order valence-electron chi connectivity index (χ3n) is 3.85. The van der Waals surface area contributed by atoms with Gasteiger partial charge in [0.1, 0.15) is 0 Å². The predicted molar refractivity (Wildman–Crippen MR) is 75.7 cm³/mol. The number of carboxylic acids is 1. The fourth-order valence-corrected chi connectivity index (χ4v) is 6.02. The highest BCUT2D eigenvalue weighted by atomic mass is 32.2. The summed E-state index contributed by atoms with van der Waals surface area (Å²) in [6.45, 7) is 0.197.